The van der Waals surface area contributed by atoms with Gasteiger partial charge in [-0.25, -0.2) is 0 Å². The minimum absolute atomic E-state index is 0.330. The summed E-state index contributed by atoms with van der Waals surface area (Å²) in [6.07, 6.45) is 6.41. The first kappa shape index (κ1) is 13.3. The molecule has 108 valence electrons. The third-order valence-electron chi connectivity index (χ3n) is 5.71. The normalized spacial score (nSPS) is 44.4. The van der Waals surface area contributed by atoms with Gasteiger partial charge in [0.2, 0.25) is 5.91 Å². The van der Waals surface area contributed by atoms with Gasteiger partial charge in [0, 0.05) is 24.7 Å². The molecule has 1 saturated carbocycles. The lowest BCUT2D eigenvalue weighted by Gasteiger charge is -2.31. The molecule has 2 bridgehead atoms. The molecule has 0 aromatic heterocycles. The Kier molecular flexibility index (Phi) is 3.31. The van der Waals surface area contributed by atoms with E-state index in [2.05, 4.69) is 16.8 Å². The van der Waals surface area contributed by atoms with Gasteiger partial charge in [-0.15, -0.1) is 0 Å². The predicted molar refractivity (Wildman–Crippen MR) is 74.5 cm³/mol. The third kappa shape index (κ3) is 2.28. The molecule has 3 rings (SSSR count). The van der Waals surface area contributed by atoms with E-state index in [1.807, 2.05) is 0 Å². The van der Waals surface area contributed by atoms with Gasteiger partial charge in [-0.1, -0.05) is 0 Å². The van der Waals surface area contributed by atoms with E-state index >= 15 is 0 Å². The molecule has 4 atom stereocenters. The van der Waals surface area contributed by atoms with Crippen LogP contribution in [0.4, 0.5) is 0 Å². The Bertz CT molecular complexity index is 374. The summed E-state index contributed by atoms with van der Waals surface area (Å²) in [5.41, 5.74) is 10.8. The number of rotatable bonds is 2. The number of nitrogens with zero attached hydrogens (tertiary/aromatic N) is 2. The van der Waals surface area contributed by atoms with Crippen LogP contribution in [0.2, 0.25) is 0 Å². The number of primary amides is 1. The van der Waals surface area contributed by atoms with Crippen LogP contribution in [-0.2, 0) is 4.79 Å². The maximum atomic E-state index is 11.5. The van der Waals surface area contributed by atoms with E-state index in [4.69, 9.17) is 11.5 Å². The molecule has 2 aliphatic heterocycles. The second-order valence-electron chi connectivity index (χ2n) is 6.75. The van der Waals surface area contributed by atoms with Gasteiger partial charge in [-0.3, -0.25) is 14.6 Å². The van der Waals surface area contributed by atoms with Crippen molar-refractivity contribution >= 4 is 5.91 Å². The summed E-state index contributed by atoms with van der Waals surface area (Å²) in [5.74, 6) is -0.330. The first-order chi connectivity index (χ1) is 8.99. The number of hydrogen-bond acceptors (Lipinski definition) is 4. The molecule has 2 saturated heterocycles. The first-order valence-corrected chi connectivity index (χ1v) is 7.54. The van der Waals surface area contributed by atoms with Crippen molar-refractivity contribution in [1.82, 2.24) is 9.80 Å². The molecule has 5 heteroatoms. The van der Waals surface area contributed by atoms with Gasteiger partial charge in [-0.2, -0.15) is 0 Å². The highest BCUT2D eigenvalue weighted by Crippen LogP contribution is 2.35. The highest BCUT2D eigenvalue weighted by atomic mass is 16.1. The van der Waals surface area contributed by atoms with Crippen molar-refractivity contribution in [1.29, 1.82) is 0 Å². The molecular formula is C14H26N4O. The minimum atomic E-state index is -0.762. The highest BCUT2D eigenvalue weighted by Gasteiger charge is 2.44. The Hall–Kier alpha value is -0.650. The van der Waals surface area contributed by atoms with Crippen LogP contribution < -0.4 is 11.5 Å². The average Bonchev–Trinajstić information content (AvgIpc) is 2.83. The van der Waals surface area contributed by atoms with E-state index in [9.17, 15) is 4.79 Å². The van der Waals surface area contributed by atoms with Crippen molar-refractivity contribution in [2.75, 3.05) is 20.1 Å². The highest BCUT2D eigenvalue weighted by molar-refractivity contribution is 5.84. The van der Waals surface area contributed by atoms with Crippen LogP contribution in [0.5, 0.6) is 0 Å². The lowest BCUT2D eigenvalue weighted by molar-refractivity contribution is -0.123. The monoisotopic (exact) mass is 266 g/mol. The van der Waals surface area contributed by atoms with E-state index < -0.39 is 5.54 Å². The van der Waals surface area contributed by atoms with Crippen molar-refractivity contribution in [3.05, 3.63) is 0 Å². The van der Waals surface area contributed by atoms with E-state index in [-0.39, 0.29) is 5.91 Å². The van der Waals surface area contributed by atoms with Crippen molar-refractivity contribution in [2.45, 2.75) is 62.2 Å². The Morgan fingerprint density at radius 1 is 1.16 bits per heavy atom. The van der Waals surface area contributed by atoms with Crippen LogP contribution in [0.15, 0.2) is 0 Å². The molecular weight excluding hydrogens is 240 g/mol. The second kappa shape index (κ2) is 4.72. The Morgan fingerprint density at radius 2 is 1.89 bits per heavy atom. The minimum Gasteiger partial charge on any atom is -0.368 e. The van der Waals surface area contributed by atoms with Gasteiger partial charge in [0.1, 0.15) is 0 Å². The Labute approximate surface area is 115 Å². The van der Waals surface area contributed by atoms with Crippen molar-refractivity contribution in [3.63, 3.8) is 0 Å². The Balaban J connectivity index is 1.66. The summed E-state index contributed by atoms with van der Waals surface area (Å²) in [6.45, 7) is 2.28. The van der Waals surface area contributed by atoms with Crippen LogP contribution in [-0.4, -0.2) is 59.5 Å². The number of likely N-dealkylation sites (tertiary alicyclic amines) is 1. The van der Waals surface area contributed by atoms with Crippen molar-refractivity contribution in [2.24, 2.45) is 11.5 Å². The van der Waals surface area contributed by atoms with Gasteiger partial charge in [-0.05, 0) is 52.1 Å². The van der Waals surface area contributed by atoms with Crippen molar-refractivity contribution in [3.8, 4) is 0 Å². The zero-order valence-corrected chi connectivity index (χ0v) is 11.8. The molecule has 5 nitrogen and oxygen atoms in total. The topological polar surface area (TPSA) is 75.6 Å². The van der Waals surface area contributed by atoms with Gasteiger partial charge < -0.3 is 11.5 Å². The largest absolute Gasteiger partial charge is 0.368 e. The SMILES string of the molecule is CN1C2CCC1CN(C1CCC(N)(C(N)=O)C1)CC2. The third-order valence-corrected chi connectivity index (χ3v) is 5.71. The number of fused-ring (bicyclic) bond motifs is 2. The fourth-order valence-corrected chi connectivity index (χ4v) is 4.25. The lowest BCUT2D eigenvalue weighted by atomic mass is 9.97. The van der Waals surface area contributed by atoms with Gasteiger partial charge >= 0.3 is 0 Å². The van der Waals surface area contributed by atoms with Crippen LogP contribution in [0.25, 0.3) is 0 Å². The molecule has 2 heterocycles. The average molecular weight is 266 g/mol. The molecule has 19 heavy (non-hydrogen) atoms. The molecule has 0 spiro atoms. The second-order valence-corrected chi connectivity index (χ2v) is 6.75. The summed E-state index contributed by atoms with van der Waals surface area (Å²) in [4.78, 5) is 16.6. The molecule has 1 aliphatic carbocycles. The van der Waals surface area contributed by atoms with E-state index in [0.29, 0.717) is 12.1 Å². The zero-order valence-electron chi connectivity index (χ0n) is 11.8. The molecule has 4 N–H and O–H groups in total. The summed E-state index contributed by atoms with van der Waals surface area (Å²) in [7, 11) is 2.26. The number of hydrogen-bond donors (Lipinski definition) is 2. The number of carbonyl (C=O) groups is 1. The molecule has 1 amide bonds. The maximum Gasteiger partial charge on any atom is 0.237 e. The standard InChI is InChI=1S/C14H26N4O/c1-17-10-2-3-12(17)9-18(7-5-10)11-4-6-14(16,8-11)13(15)19/h10-12H,2-9,16H2,1H3,(H2,15,19). The van der Waals surface area contributed by atoms with Crippen LogP contribution >= 0.6 is 0 Å². The van der Waals surface area contributed by atoms with Crippen LogP contribution in [0.1, 0.15) is 38.5 Å². The number of carbonyl (C=O) groups excluding carboxylic acids is 1. The summed E-state index contributed by atoms with van der Waals surface area (Å²) >= 11 is 0. The quantitative estimate of drug-likeness (QED) is 0.731. The van der Waals surface area contributed by atoms with Gasteiger partial charge in [0.25, 0.3) is 0 Å². The summed E-state index contributed by atoms with van der Waals surface area (Å²) < 4.78 is 0. The fourth-order valence-electron chi connectivity index (χ4n) is 4.25. The zero-order chi connectivity index (χ0) is 13.6. The molecule has 0 radical (unpaired) electrons. The van der Waals surface area contributed by atoms with Gasteiger partial charge in [0.05, 0.1) is 5.54 Å². The van der Waals surface area contributed by atoms with E-state index in [0.717, 1.165) is 38.4 Å². The fraction of sp³-hybridized carbons (Fsp3) is 0.929. The molecule has 3 aliphatic rings. The maximum absolute atomic E-state index is 11.5. The van der Waals surface area contributed by atoms with E-state index in [1.54, 1.807) is 0 Å². The predicted octanol–water partition coefficient (Wildman–Crippen LogP) is -0.110. The molecule has 4 unspecified atom stereocenters. The van der Waals surface area contributed by atoms with Crippen molar-refractivity contribution < 1.29 is 4.79 Å². The Morgan fingerprint density at radius 3 is 2.58 bits per heavy atom. The number of likely N-dealkylation sites (N-methyl/N-ethyl adjacent to an activating group) is 1. The number of amides is 1. The smallest absolute Gasteiger partial charge is 0.237 e. The molecule has 0 aromatic carbocycles. The summed E-state index contributed by atoms with van der Waals surface area (Å²) in [5, 5.41) is 0. The van der Waals surface area contributed by atoms with Crippen LogP contribution in [0, 0.1) is 0 Å². The van der Waals surface area contributed by atoms with Gasteiger partial charge in [0.15, 0.2) is 0 Å². The lowest BCUT2D eigenvalue weighted by Crippen LogP contribution is -2.51. The molecule has 3 fully saturated rings. The molecule has 0 aromatic rings. The summed E-state index contributed by atoms with van der Waals surface area (Å²) in [6, 6.07) is 1.90. The van der Waals surface area contributed by atoms with Crippen LogP contribution in [0.3, 0.4) is 0 Å². The number of nitrogens with two attached hydrogens (primary N) is 2. The van der Waals surface area contributed by atoms with E-state index in [1.165, 1.54) is 19.3 Å². The first-order valence-electron chi connectivity index (χ1n) is 7.54.